The zero-order valence-electron chi connectivity index (χ0n) is 16.3. The lowest BCUT2D eigenvalue weighted by Crippen LogP contribution is -2.46. The SMILES string of the molecule is CCn1ncc(CN2CCN(c3nccnc3-c3ccc(F)cc3)CC2)c1C. The van der Waals surface area contributed by atoms with E-state index in [1.54, 1.807) is 24.5 Å². The first-order chi connectivity index (χ1) is 13.7. The molecule has 0 atom stereocenters. The molecule has 0 spiro atoms. The van der Waals surface area contributed by atoms with E-state index >= 15 is 0 Å². The van der Waals surface area contributed by atoms with Crippen molar-refractivity contribution < 1.29 is 4.39 Å². The van der Waals surface area contributed by atoms with E-state index < -0.39 is 0 Å². The molecule has 1 saturated heterocycles. The van der Waals surface area contributed by atoms with E-state index in [0.717, 1.165) is 56.3 Å². The Bertz CT molecular complexity index is 928. The van der Waals surface area contributed by atoms with Crippen molar-refractivity contribution in [2.24, 2.45) is 0 Å². The molecule has 3 aromatic rings. The number of benzene rings is 1. The molecule has 1 aliphatic rings. The number of aromatic nitrogens is 4. The van der Waals surface area contributed by atoms with Crippen LogP contribution in [0.15, 0.2) is 42.9 Å². The van der Waals surface area contributed by atoms with Gasteiger partial charge in [0.25, 0.3) is 0 Å². The number of hydrogen-bond donors (Lipinski definition) is 0. The molecule has 28 heavy (non-hydrogen) atoms. The van der Waals surface area contributed by atoms with E-state index in [2.05, 4.69) is 38.7 Å². The van der Waals surface area contributed by atoms with Crippen molar-refractivity contribution in [2.45, 2.75) is 26.9 Å². The summed E-state index contributed by atoms with van der Waals surface area (Å²) in [5.74, 6) is 0.619. The summed E-state index contributed by atoms with van der Waals surface area (Å²) >= 11 is 0. The normalized spacial score (nSPS) is 15.2. The molecule has 0 bridgehead atoms. The van der Waals surface area contributed by atoms with Gasteiger partial charge in [-0.2, -0.15) is 5.10 Å². The first-order valence-corrected chi connectivity index (χ1v) is 9.71. The summed E-state index contributed by atoms with van der Waals surface area (Å²) in [7, 11) is 0. The Balaban J connectivity index is 1.45. The summed E-state index contributed by atoms with van der Waals surface area (Å²) in [5.41, 5.74) is 4.23. The monoisotopic (exact) mass is 380 g/mol. The molecule has 0 saturated carbocycles. The van der Waals surface area contributed by atoms with Gasteiger partial charge in [-0.25, -0.2) is 9.37 Å². The Labute approximate surface area is 164 Å². The summed E-state index contributed by atoms with van der Waals surface area (Å²) in [6, 6.07) is 6.44. The number of halogens is 1. The number of rotatable bonds is 5. The summed E-state index contributed by atoms with van der Waals surface area (Å²) in [6.07, 6.45) is 5.39. The minimum Gasteiger partial charge on any atom is -0.352 e. The van der Waals surface area contributed by atoms with Crippen LogP contribution in [0.4, 0.5) is 10.2 Å². The van der Waals surface area contributed by atoms with Gasteiger partial charge >= 0.3 is 0 Å². The topological polar surface area (TPSA) is 50.1 Å². The molecule has 0 N–H and O–H groups in total. The Morgan fingerprint density at radius 2 is 1.71 bits per heavy atom. The number of piperazine rings is 1. The lowest BCUT2D eigenvalue weighted by atomic mass is 10.1. The van der Waals surface area contributed by atoms with E-state index in [-0.39, 0.29) is 5.82 Å². The fraction of sp³-hybridized carbons (Fsp3) is 0.381. The van der Waals surface area contributed by atoms with Crippen LogP contribution in [-0.2, 0) is 13.1 Å². The van der Waals surface area contributed by atoms with Gasteiger partial charge in [0.15, 0.2) is 5.82 Å². The van der Waals surface area contributed by atoms with Gasteiger partial charge in [0.1, 0.15) is 11.5 Å². The van der Waals surface area contributed by atoms with Crippen LogP contribution in [0.3, 0.4) is 0 Å². The van der Waals surface area contributed by atoms with Gasteiger partial charge in [-0.1, -0.05) is 0 Å². The fourth-order valence-corrected chi connectivity index (χ4v) is 3.69. The third-order valence-corrected chi connectivity index (χ3v) is 5.37. The largest absolute Gasteiger partial charge is 0.352 e. The highest BCUT2D eigenvalue weighted by Crippen LogP contribution is 2.27. The van der Waals surface area contributed by atoms with Gasteiger partial charge in [-0.15, -0.1) is 0 Å². The second-order valence-corrected chi connectivity index (χ2v) is 7.07. The van der Waals surface area contributed by atoms with Crippen LogP contribution >= 0.6 is 0 Å². The predicted molar refractivity (Wildman–Crippen MR) is 108 cm³/mol. The number of anilines is 1. The zero-order chi connectivity index (χ0) is 19.5. The van der Waals surface area contributed by atoms with E-state index in [4.69, 9.17) is 0 Å². The maximum Gasteiger partial charge on any atom is 0.155 e. The number of hydrogen-bond acceptors (Lipinski definition) is 5. The molecule has 1 aromatic carbocycles. The van der Waals surface area contributed by atoms with Crippen LogP contribution in [0.25, 0.3) is 11.3 Å². The highest BCUT2D eigenvalue weighted by atomic mass is 19.1. The molecular weight excluding hydrogens is 355 g/mol. The molecule has 0 amide bonds. The lowest BCUT2D eigenvalue weighted by molar-refractivity contribution is 0.249. The number of nitrogens with zero attached hydrogens (tertiary/aromatic N) is 6. The van der Waals surface area contributed by atoms with Gasteiger partial charge in [0.2, 0.25) is 0 Å². The van der Waals surface area contributed by atoms with Gasteiger partial charge in [0, 0.05) is 68.5 Å². The van der Waals surface area contributed by atoms with Gasteiger partial charge in [0.05, 0.1) is 6.20 Å². The maximum atomic E-state index is 13.3. The standard InChI is InChI=1S/C21H25FN6/c1-3-28-16(2)18(14-25-28)15-26-10-12-27(13-11-26)21-20(23-8-9-24-21)17-4-6-19(22)7-5-17/h4-9,14H,3,10-13,15H2,1-2H3. The van der Waals surface area contributed by atoms with E-state index in [1.807, 2.05) is 10.9 Å². The first-order valence-electron chi connectivity index (χ1n) is 9.71. The lowest BCUT2D eigenvalue weighted by Gasteiger charge is -2.35. The van der Waals surface area contributed by atoms with Crippen LogP contribution in [-0.4, -0.2) is 50.8 Å². The van der Waals surface area contributed by atoms with Gasteiger partial charge in [-0.05, 0) is 38.1 Å². The average molecular weight is 380 g/mol. The van der Waals surface area contributed by atoms with Crippen LogP contribution in [0.2, 0.25) is 0 Å². The van der Waals surface area contributed by atoms with Gasteiger partial charge in [-0.3, -0.25) is 14.6 Å². The van der Waals surface area contributed by atoms with E-state index in [1.165, 1.54) is 23.4 Å². The van der Waals surface area contributed by atoms with Crippen molar-refractivity contribution in [3.63, 3.8) is 0 Å². The molecular formula is C21H25FN6. The van der Waals surface area contributed by atoms with E-state index in [9.17, 15) is 4.39 Å². The second-order valence-electron chi connectivity index (χ2n) is 7.07. The second kappa shape index (κ2) is 8.06. The number of aryl methyl sites for hydroxylation is 1. The molecule has 1 aliphatic heterocycles. The quantitative estimate of drug-likeness (QED) is 0.681. The van der Waals surface area contributed by atoms with Crippen molar-refractivity contribution in [1.29, 1.82) is 0 Å². The minimum absolute atomic E-state index is 0.246. The molecule has 4 rings (SSSR count). The Morgan fingerprint density at radius 3 is 2.39 bits per heavy atom. The van der Waals surface area contributed by atoms with Crippen LogP contribution in [0.5, 0.6) is 0 Å². The highest BCUT2D eigenvalue weighted by molar-refractivity contribution is 5.72. The van der Waals surface area contributed by atoms with E-state index in [0.29, 0.717) is 0 Å². The zero-order valence-corrected chi connectivity index (χ0v) is 16.3. The Morgan fingerprint density at radius 1 is 1.00 bits per heavy atom. The summed E-state index contributed by atoms with van der Waals surface area (Å²) in [5, 5.41) is 4.45. The van der Waals surface area contributed by atoms with Crippen LogP contribution in [0.1, 0.15) is 18.2 Å². The van der Waals surface area contributed by atoms with Gasteiger partial charge < -0.3 is 4.90 Å². The third-order valence-electron chi connectivity index (χ3n) is 5.37. The minimum atomic E-state index is -0.246. The Kier molecular flexibility index (Phi) is 5.34. The predicted octanol–water partition coefficient (Wildman–Crippen LogP) is 3.13. The molecule has 1 fully saturated rings. The van der Waals surface area contributed by atoms with Crippen molar-refractivity contribution in [1.82, 2.24) is 24.6 Å². The molecule has 0 unspecified atom stereocenters. The molecule has 6 nitrogen and oxygen atoms in total. The molecule has 0 radical (unpaired) electrons. The smallest absolute Gasteiger partial charge is 0.155 e. The van der Waals surface area contributed by atoms with Crippen molar-refractivity contribution in [3.05, 3.63) is 59.9 Å². The van der Waals surface area contributed by atoms with Crippen molar-refractivity contribution >= 4 is 5.82 Å². The molecule has 2 aromatic heterocycles. The molecule has 146 valence electrons. The third kappa shape index (κ3) is 3.75. The average Bonchev–Trinajstić information content (AvgIpc) is 3.09. The van der Waals surface area contributed by atoms with Crippen LogP contribution < -0.4 is 4.90 Å². The van der Waals surface area contributed by atoms with Crippen LogP contribution in [0, 0.1) is 12.7 Å². The van der Waals surface area contributed by atoms with Crippen molar-refractivity contribution in [2.75, 3.05) is 31.1 Å². The molecule has 0 aliphatic carbocycles. The summed E-state index contributed by atoms with van der Waals surface area (Å²) in [4.78, 5) is 13.8. The first kappa shape index (κ1) is 18.6. The molecule has 3 heterocycles. The highest BCUT2D eigenvalue weighted by Gasteiger charge is 2.22. The maximum absolute atomic E-state index is 13.3. The van der Waals surface area contributed by atoms with Crippen molar-refractivity contribution in [3.8, 4) is 11.3 Å². The summed E-state index contributed by atoms with van der Waals surface area (Å²) < 4.78 is 15.3. The fourth-order valence-electron chi connectivity index (χ4n) is 3.69. The summed E-state index contributed by atoms with van der Waals surface area (Å²) in [6.45, 7) is 9.75. The molecule has 7 heteroatoms. The Hall–Kier alpha value is -2.80.